The van der Waals surface area contributed by atoms with Gasteiger partial charge < -0.3 is 0 Å². The molecule has 1 heterocycles. The zero-order chi connectivity index (χ0) is 19.8. The van der Waals surface area contributed by atoms with Crippen LogP contribution < -0.4 is 4.31 Å². The highest BCUT2D eigenvalue weighted by Gasteiger charge is 2.44. The summed E-state index contributed by atoms with van der Waals surface area (Å²) in [6.07, 6.45) is 7.61. The Hall–Kier alpha value is -1.81. The summed E-state index contributed by atoms with van der Waals surface area (Å²) < 4.78 is 27.3. The molecule has 0 spiro atoms. The van der Waals surface area contributed by atoms with Gasteiger partial charge in [-0.15, -0.1) is 0 Å². The number of anilines is 1. The molecule has 1 saturated carbocycles. The maximum atomic E-state index is 12.8. The van der Waals surface area contributed by atoms with Crippen LogP contribution in [0, 0.1) is 5.92 Å². The second kappa shape index (κ2) is 7.55. The summed E-state index contributed by atoms with van der Waals surface area (Å²) in [6, 6.07) is 16.7. The zero-order valence-corrected chi connectivity index (χ0v) is 17.8. The van der Waals surface area contributed by atoms with E-state index in [0.29, 0.717) is 12.5 Å². The number of hydrogen-bond acceptors (Lipinski definition) is 2. The number of sulfonamides is 1. The standard InChI is InChI=1S/C24H31NO2S/c1-3-28(26,27)25-18-24(2,17-19-10-6-4-7-11-19)22-16-21(14-15-23(22)25)20-12-8-5-9-13-20/h5,8-9,12-16,19H,3-4,6-7,10-11,17-18H2,1-2H3. The number of fused-ring (bicyclic) bond motifs is 1. The van der Waals surface area contributed by atoms with E-state index in [4.69, 9.17) is 0 Å². The zero-order valence-electron chi connectivity index (χ0n) is 17.0. The van der Waals surface area contributed by atoms with Crippen LogP contribution in [0.5, 0.6) is 0 Å². The van der Waals surface area contributed by atoms with Gasteiger partial charge in [-0.2, -0.15) is 0 Å². The molecular formula is C24H31NO2S. The molecule has 0 N–H and O–H groups in total. The molecule has 0 amide bonds. The molecule has 1 atom stereocenters. The van der Waals surface area contributed by atoms with Gasteiger partial charge in [-0.3, -0.25) is 4.31 Å². The number of rotatable bonds is 5. The van der Waals surface area contributed by atoms with Gasteiger partial charge in [-0.25, -0.2) is 8.42 Å². The van der Waals surface area contributed by atoms with Gasteiger partial charge in [-0.05, 0) is 48.1 Å². The second-order valence-corrected chi connectivity index (χ2v) is 11.0. The van der Waals surface area contributed by atoms with E-state index in [9.17, 15) is 8.42 Å². The van der Waals surface area contributed by atoms with E-state index in [0.717, 1.165) is 12.1 Å². The highest BCUT2D eigenvalue weighted by atomic mass is 32.2. The Morgan fingerprint density at radius 2 is 1.71 bits per heavy atom. The first-order chi connectivity index (χ1) is 13.4. The third-order valence-electron chi connectivity index (χ3n) is 6.68. The largest absolute Gasteiger partial charge is 0.269 e. The van der Waals surface area contributed by atoms with E-state index in [-0.39, 0.29) is 11.2 Å². The molecular weight excluding hydrogens is 366 g/mol. The minimum atomic E-state index is -3.27. The van der Waals surface area contributed by atoms with Gasteiger partial charge in [0.2, 0.25) is 10.0 Å². The molecule has 0 bridgehead atoms. The summed E-state index contributed by atoms with van der Waals surface area (Å²) in [6.45, 7) is 4.60. The van der Waals surface area contributed by atoms with Crippen LogP contribution in [0.1, 0.15) is 57.9 Å². The van der Waals surface area contributed by atoms with Crippen LogP contribution in [0.2, 0.25) is 0 Å². The average molecular weight is 398 g/mol. The van der Waals surface area contributed by atoms with Crippen LogP contribution in [-0.4, -0.2) is 20.7 Å². The van der Waals surface area contributed by atoms with Crippen molar-refractivity contribution in [3.8, 4) is 11.1 Å². The van der Waals surface area contributed by atoms with Crippen LogP contribution in [0.3, 0.4) is 0 Å². The van der Waals surface area contributed by atoms with Crippen molar-refractivity contribution in [3.63, 3.8) is 0 Å². The van der Waals surface area contributed by atoms with Gasteiger partial charge in [0.25, 0.3) is 0 Å². The first kappa shape index (κ1) is 19.5. The van der Waals surface area contributed by atoms with Gasteiger partial charge in [0, 0.05) is 12.0 Å². The van der Waals surface area contributed by atoms with Crippen molar-refractivity contribution in [2.45, 2.75) is 57.8 Å². The molecule has 0 aromatic heterocycles. The Balaban J connectivity index is 1.77. The fraction of sp³-hybridized carbons (Fsp3) is 0.500. The Labute approximate surface area is 169 Å². The first-order valence-electron chi connectivity index (χ1n) is 10.6. The van der Waals surface area contributed by atoms with E-state index >= 15 is 0 Å². The predicted molar refractivity (Wildman–Crippen MR) is 117 cm³/mol. The van der Waals surface area contributed by atoms with E-state index in [1.165, 1.54) is 48.8 Å². The third kappa shape index (κ3) is 3.59. The molecule has 1 aliphatic heterocycles. The third-order valence-corrected chi connectivity index (χ3v) is 8.41. The molecule has 4 heteroatoms. The Kier molecular flexibility index (Phi) is 5.26. The molecule has 4 rings (SSSR count). The number of hydrogen-bond donors (Lipinski definition) is 0. The molecule has 28 heavy (non-hydrogen) atoms. The Bertz CT molecular complexity index is 932. The van der Waals surface area contributed by atoms with Crippen LogP contribution in [0.25, 0.3) is 11.1 Å². The molecule has 1 unspecified atom stereocenters. The van der Waals surface area contributed by atoms with Crippen molar-refractivity contribution in [3.05, 3.63) is 54.1 Å². The monoisotopic (exact) mass is 397 g/mol. The van der Waals surface area contributed by atoms with Crippen molar-refractivity contribution in [2.24, 2.45) is 5.92 Å². The van der Waals surface area contributed by atoms with Crippen molar-refractivity contribution < 1.29 is 8.42 Å². The highest BCUT2D eigenvalue weighted by Crippen LogP contribution is 2.48. The van der Waals surface area contributed by atoms with Crippen molar-refractivity contribution in [2.75, 3.05) is 16.6 Å². The Morgan fingerprint density at radius 3 is 2.39 bits per heavy atom. The highest BCUT2D eigenvalue weighted by molar-refractivity contribution is 7.92. The lowest BCUT2D eigenvalue weighted by atomic mass is 9.72. The molecule has 1 aliphatic carbocycles. The van der Waals surface area contributed by atoms with Gasteiger partial charge in [0.1, 0.15) is 0 Å². The lowest BCUT2D eigenvalue weighted by Gasteiger charge is -2.32. The van der Waals surface area contributed by atoms with Gasteiger partial charge in [-0.1, -0.05) is 75.4 Å². The summed E-state index contributed by atoms with van der Waals surface area (Å²) in [5.41, 5.74) is 4.33. The quantitative estimate of drug-likeness (QED) is 0.644. The van der Waals surface area contributed by atoms with E-state index < -0.39 is 10.0 Å². The molecule has 150 valence electrons. The topological polar surface area (TPSA) is 37.4 Å². The fourth-order valence-electron chi connectivity index (χ4n) is 5.14. The summed E-state index contributed by atoms with van der Waals surface area (Å²) in [7, 11) is -3.27. The van der Waals surface area contributed by atoms with Crippen molar-refractivity contribution in [1.29, 1.82) is 0 Å². The minimum absolute atomic E-state index is 0.121. The summed E-state index contributed by atoms with van der Waals surface area (Å²) >= 11 is 0. The maximum Gasteiger partial charge on any atom is 0.234 e. The lowest BCUT2D eigenvalue weighted by Crippen LogP contribution is -2.37. The molecule has 3 nitrogen and oxygen atoms in total. The van der Waals surface area contributed by atoms with Gasteiger partial charge in [0.05, 0.1) is 11.4 Å². The normalized spacial score (nSPS) is 23.0. The molecule has 1 fully saturated rings. The number of nitrogens with zero attached hydrogens (tertiary/aromatic N) is 1. The molecule has 2 aromatic carbocycles. The minimum Gasteiger partial charge on any atom is -0.269 e. The summed E-state index contributed by atoms with van der Waals surface area (Å²) in [5, 5.41) is 0. The maximum absolute atomic E-state index is 12.8. The van der Waals surface area contributed by atoms with Gasteiger partial charge in [0.15, 0.2) is 0 Å². The second-order valence-electron chi connectivity index (χ2n) is 8.77. The van der Waals surface area contributed by atoms with Crippen molar-refractivity contribution >= 4 is 15.7 Å². The lowest BCUT2D eigenvalue weighted by molar-refractivity contribution is 0.278. The summed E-state index contributed by atoms with van der Waals surface area (Å²) in [5.74, 6) is 0.850. The molecule has 0 radical (unpaired) electrons. The van der Waals surface area contributed by atoms with Crippen LogP contribution in [0.4, 0.5) is 5.69 Å². The van der Waals surface area contributed by atoms with E-state index in [2.05, 4.69) is 43.3 Å². The van der Waals surface area contributed by atoms with E-state index in [1.54, 1.807) is 11.2 Å². The fourth-order valence-corrected chi connectivity index (χ4v) is 6.39. The SMILES string of the molecule is CCS(=O)(=O)N1CC(C)(CC2CCCCC2)c2cc(-c3ccccc3)ccc21. The van der Waals surface area contributed by atoms with Crippen molar-refractivity contribution in [1.82, 2.24) is 0 Å². The first-order valence-corrected chi connectivity index (χ1v) is 12.2. The average Bonchev–Trinajstić information content (AvgIpc) is 3.02. The van der Waals surface area contributed by atoms with Crippen LogP contribution >= 0.6 is 0 Å². The summed E-state index contributed by atoms with van der Waals surface area (Å²) in [4.78, 5) is 0. The molecule has 2 aliphatic rings. The predicted octanol–water partition coefficient (Wildman–Crippen LogP) is 5.75. The van der Waals surface area contributed by atoms with Gasteiger partial charge >= 0.3 is 0 Å². The smallest absolute Gasteiger partial charge is 0.234 e. The molecule has 0 saturated heterocycles. The van der Waals surface area contributed by atoms with Crippen LogP contribution in [0.15, 0.2) is 48.5 Å². The van der Waals surface area contributed by atoms with E-state index in [1.807, 2.05) is 12.1 Å². The Morgan fingerprint density at radius 1 is 1.00 bits per heavy atom. The van der Waals surface area contributed by atoms with Crippen LogP contribution in [-0.2, 0) is 15.4 Å². The molecule has 2 aromatic rings. The number of benzene rings is 2.